The van der Waals surface area contributed by atoms with Crippen LogP contribution >= 0.6 is 0 Å². The molecule has 0 aliphatic carbocycles. The largest absolute Gasteiger partial charge is 0.461 e. The molecule has 0 aliphatic heterocycles. The lowest BCUT2D eigenvalue weighted by Gasteiger charge is -2.15. The van der Waals surface area contributed by atoms with Gasteiger partial charge in [-0.1, -0.05) is 0 Å². The van der Waals surface area contributed by atoms with E-state index in [0.29, 0.717) is 4.68 Å². The molecule has 0 fully saturated rings. The van der Waals surface area contributed by atoms with Crippen LogP contribution in [0.5, 0.6) is 6.01 Å². The van der Waals surface area contributed by atoms with E-state index < -0.39 is 30.5 Å². The first-order chi connectivity index (χ1) is 7.70. The van der Waals surface area contributed by atoms with Crippen molar-refractivity contribution in [2.45, 2.75) is 12.1 Å². The van der Waals surface area contributed by atoms with E-state index in [2.05, 4.69) is 14.8 Å². The molecule has 94 valence electrons. The second kappa shape index (κ2) is 4.15. The van der Waals surface area contributed by atoms with Crippen molar-refractivity contribution < 1.29 is 26.7 Å². The van der Waals surface area contributed by atoms with E-state index in [1.807, 2.05) is 0 Å². The average Bonchev–Trinajstić information content (AvgIpc) is 2.55. The SMILES string of the molecule is Cn1nc(C(F)(F)C(F)(F)F)nc1OCC#N. The van der Waals surface area contributed by atoms with Crippen molar-refractivity contribution in [2.24, 2.45) is 7.05 Å². The Hall–Kier alpha value is -1.92. The van der Waals surface area contributed by atoms with E-state index in [0.717, 1.165) is 7.05 Å². The molecule has 0 atom stereocenters. The van der Waals surface area contributed by atoms with Gasteiger partial charge in [-0.25, -0.2) is 4.68 Å². The molecule has 1 aromatic heterocycles. The zero-order valence-corrected chi connectivity index (χ0v) is 8.29. The Bertz CT molecular complexity index is 446. The maximum Gasteiger partial charge on any atom is 0.461 e. The Balaban J connectivity index is 3.06. The molecule has 10 heteroatoms. The van der Waals surface area contributed by atoms with Crippen molar-refractivity contribution >= 4 is 0 Å². The van der Waals surface area contributed by atoms with Gasteiger partial charge in [0.15, 0.2) is 6.61 Å². The summed E-state index contributed by atoms with van der Waals surface area (Å²) in [7, 11) is 1.07. The molecular formula is C7H5F5N4O. The van der Waals surface area contributed by atoms with E-state index in [4.69, 9.17) is 5.26 Å². The standard InChI is InChI=1S/C7H5F5N4O/c1-16-5(17-3-2-13)14-4(15-16)6(8,9)7(10,11)12/h3H2,1H3. The molecule has 17 heavy (non-hydrogen) atoms. The van der Waals surface area contributed by atoms with E-state index >= 15 is 0 Å². The van der Waals surface area contributed by atoms with Gasteiger partial charge in [-0.2, -0.15) is 32.2 Å². The number of aryl methyl sites for hydroxylation is 1. The molecule has 1 aromatic rings. The van der Waals surface area contributed by atoms with Crippen LogP contribution in [0.4, 0.5) is 22.0 Å². The monoisotopic (exact) mass is 256 g/mol. The molecule has 0 saturated carbocycles. The minimum absolute atomic E-state index is 0.538. The van der Waals surface area contributed by atoms with Gasteiger partial charge < -0.3 is 4.74 Å². The topological polar surface area (TPSA) is 63.7 Å². The molecule has 0 aromatic carbocycles. The summed E-state index contributed by atoms with van der Waals surface area (Å²) in [6.07, 6.45) is -5.79. The van der Waals surface area contributed by atoms with Gasteiger partial charge >= 0.3 is 18.1 Å². The van der Waals surface area contributed by atoms with Crippen LogP contribution in [-0.2, 0) is 13.0 Å². The van der Waals surface area contributed by atoms with Crippen molar-refractivity contribution in [3.63, 3.8) is 0 Å². The summed E-state index contributed by atoms with van der Waals surface area (Å²) >= 11 is 0. The first-order valence-corrected chi connectivity index (χ1v) is 4.06. The van der Waals surface area contributed by atoms with Gasteiger partial charge in [-0.3, -0.25) is 0 Å². The quantitative estimate of drug-likeness (QED) is 0.766. The van der Waals surface area contributed by atoms with Crippen molar-refractivity contribution in [1.82, 2.24) is 14.8 Å². The Kier molecular flexibility index (Phi) is 3.21. The van der Waals surface area contributed by atoms with Crippen molar-refractivity contribution in [1.29, 1.82) is 5.26 Å². The van der Waals surface area contributed by atoms with Crippen LogP contribution in [0.3, 0.4) is 0 Å². The highest BCUT2D eigenvalue weighted by Crippen LogP contribution is 2.42. The molecule has 0 bridgehead atoms. The highest BCUT2D eigenvalue weighted by molar-refractivity contribution is 5.06. The van der Waals surface area contributed by atoms with Crippen LogP contribution in [0, 0.1) is 11.3 Å². The summed E-state index contributed by atoms with van der Waals surface area (Å²) < 4.78 is 66.6. The Labute approximate surface area is 91.4 Å². The van der Waals surface area contributed by atoms with Gasteiger partial charge in [0.05, 0.1) is 0 Å². The van der Waals surface area contributed by atoms with Gasteiger partial charge in [0, 0.05) is 7.05 Å². The minimum Gasteiger partial charge on any atom is -0.448 e. The van der Waals surface area contributed by atoms with Gasteiger partial charge in [-0.15, -0.1) is 5.10 Å². The molecule has 0 saturated heterocycles. The molecule has 0 radical (unpaired) electrons. The normalized spacial score (nSPS) is 12.3. The molecule has 1 rings (SSSR count). The average molecular weight is 256 g/mol. The van der Waals surface area contributed by atoms with Crippen LogP contribution < -0.4 is 4.74 Å². The first-order valence-electron chi connectivity index (χ1n) is 4.06. The lowest BCUT2D eigenvalue weighted by Crippen LogP contribution is -2.34. The molecule has 5 nitrogen and oxygen atoms in total. The third kappa shape index (κ3) is 2.43. The van der Waals surface area contributed by atoms with E-state index in [9.17, 15) is 22.0 Å². The summed E-state index contributed by atoms with van der Waals surface area (Å²) in [5, 5.41) is 11.1. The number of alkyl halides is 5. The fourth-order valence-corrected chi connectivity index (χ4v) is 0.852. The summed E-state index contributed by atoms with van der Waals surface area (Å²) in [6, 6.07) is 0.916. The van der Waals surface area contributed by atoms with Crippen LogP contribution in [0.1, 0.15) is 5.82 Å². The molecule has 1 heterocycles. The Morgan fingerprint density at radius 1 is 1.35 bits per heavy atom. The summed E-state index contributed by atoms with van der Waals surface area (Å²) in [4.78, 5) is 2.89. The number of halogens is 5. The number of aromatic nitrogens is 3. The van der Waals surface area contributed by atoms with Crippen molar-refractivity contribution in [3.05, 3.63) is 5.82 Å². The molecule has 0 unspecified atom stereocenters. The molecule has 0 amide bonds. The van der Waals surface area contributed by atoms with Gasteiger partial charge in [0.1, 0.15) is 6.07 Å². The number of hydrogen-bond donors (Lipinski definition) is 0. The number of hydrogen-bond acceptors (Lipinski definition) is 4. The van der Waals surface area contributed by atoms with Gasteiger partial charge in [0.25, 0.3) is 0 Å². The molecule has 0 N–H and O–H groups in total. The van der Waals surface area contributed by atoms with Gasteiger partial charge in [-0.05, 0) is 0 Å². The summed E-state index contributed by atoms with van der Waals surface area (Å²) in [6.45, 7) is -0.538. The molecular weight excluding hydrogens is 251 g/mol. The smallest absolute Gasteiger partial charge is 0.448 e. The lowest BCUT2D eigenvalue weighted by molar-refractivity contribution is -0.292. The minimum atomic E-state index is -5.79. The third-order valence-electron chi connectivity index (χ3n) is 1.63. The van der Waals surface area contributed by atoms with E-state index in [1.165, 1.54) is 6.07 Å². The highest BCUT2D eigenvalue weighted by Gasteiger charge is 2.62. The first kappa shape index (κ1) is 13.1. The number of rotatable bonds is 3. The second-order valence-corrected chi connectivity index (χ2v) is 2.86. The van der Waals surface area contributed by atoms with Crippen LogP contribution in [0.2, 0.25) is 0 Å². The Morgan fingerprint density at radius 3 is 2.41 bits per heavy atom. The maximum atomic E-state index is 12.8. The van der Waals surface area contributed by atoms with Crippen LogP contribution in [0.25, 0.3) is 0 Å². The zero-order chi connectivity index (χ0) is 13.3. The zero-order valence-electron chi connectivity index (χ0n) is 8.29. The predicted octanol–water partition coefficient (Wildman–Crippen LogP) is 1.37. The number of nitriles is 1. The highest BCUT2D eigenvalue weighted by atomic mass is 19.4. The maximum absolute atomic E-state index is 12.8. The van der Waals surface area contributed by atoms with E-state index in [1.54, 1.807) is 0 Å². The van der Waals surface area contributed by atoms with Crippen LogP contribution in [-0.4, -0.2) is 27.5 Å². The van der Waals surface area contributed by atoms with Crippen molar-refractivity contribution in [3.8, 4) is 12.1 Å². The fourth-order valence-electron chi connectivity index (χ4n) is 0.852. The van der Waals surface area contributed by atoms with Crippen molar-refractivity contribution in [2.75, 3.05) is 6.61 Å². The molecule has 0 aliphatic rings. The number of nitrogens with zero attached hydrogens (tertiary/aromatic N) is 4. The molecule has 0 spiro atoms. The van der Waals surface area contributed by atoms with E-state index in [-0.39, 0.29) is 0 Å². The summed E-state index contributed by atoms with van der Waals surface area (Å²) in [5.41, 5.74) is 0. The number of ether oxygens (including phenoxy) is 1. The third-order valence-corrected chi connectivity index (χ3v) is 1.63. The second-order valence-electron chi connectivity index (χ2n) is 2.86. The Morgan fingerprint density at radius 2 is 1.94 bits per heavy atom. The van der Waals surface area contributed by atoms with Crippen LogP contribution in [0.15, 0.2) is 0 Å². The van der Waals surface area contributed by atoms with Gasteiger partial charge in [0.2, 0.25) is 5.82 Å². The lowest BCUT2D eigenvalue weighted by atomic mass is 10.3. The fraction of sp³-hybridized carbons (Fsp3) is 0.571. The predicted molar refractivity (Wildman–Crippen MR) is 42.1 cm³/mol. The summed E-state index contributed by atoms with van der Waals surface area (Å²) in [5.74, 6) is -6.89.